The number of benzene rings is 2. The number of rotatable bonds is 7. The SMILES string of the molecule is CCc1ccc(NC(=O)CSCc2coc(-c3ccc(Cl)cc3)n2)cc1. The maximum absolute atomic E-state index is 12.0. The van der Waals surface area contributed by atoms with Crippen molar-refractivity contribution >= 4 is 35.0 Å². The quantitative estimate of drug-likeness (QED) is 0.588. The average molecular weight is 387 g/mol. The Kier molecular flexibility index (Phi) is 6.36. The van der Waals surface area contributed by atoms with Gasteiger partial charge in [0.15, 0.2) is 0 Å². The Morgan fingerprint density at radius 1 is 1.15 bits per heavy atom. The van der Waals surface area contributed by atoms with Gasteiger partial charge in [0.2, 0.25) is 11.8 Å². The summed E-state index contributed by atoms with van der Waals surface area (Å²) in [5.74, 6) is 1.50. The van der Waals surface area contributed by atoms with E-state index in [4.69, 9.17) is 16.0 Å². The molecule has 1 amide bonds. The largest absolute Gasteiger partial charge is 0.444 e. The molecule has 3 rings (SSSR count). The lowest BCUT2D eigenvalue weighted by atomic mass is 10.1. The minimum atomic E-state index is -0.0272. The lowest BCUT2D eigenvalue weighted by molar-refractivity contribution is -0.113. The number of aryl methyl sites for hydroxylation is 1. The third-order valence-electron chi connectivity index (χ3n) is 3.77. The molecule has 6 heteroatoms. The van der Waals surface area contributed by atoms with E-state index in [0.717, 1.165) is 23.4 Å². The Morgan fingerprint density at radius 3 is 2.58 bits per heavy atom. The van der Waals surface area contributed by atoms with Crippen molar-refractivity contribution in [3.05, 3.63) is 71.1 Å². The summed E-state index contributed by atoms with van der Waals surface area (Å²) in [4.78, 5) is 16.5. The molecule has 0 saturated heterocycles. The summed E-state index contributed by atoms with van der Waals surface area (Å²) in [6.07, 6.45) is 2.61. The van der Waals surface area contributed by atoms with Crippen LogP contribution in [0.4, 0.5) is 5.69 Å². The van der Waals surface area contributed by atoms with Crippen LogP contribution in [0.5, 0.6) is 0 Å². The lowest BCUT2D eigenvalue weighted by Crippen LogP contribution is -2.14. The molecule has 1 N–H and O–H groups in total. The average Bonchev–Trinajstić information content (AvgIpc) is 3.12. The third kappa shape index (κ3) is 5.13. The molecule has 0 aliphatic carbocycles. The molecule has 0 bridgehead atoms. The predicted octanol–water partition coefficient (Wildman–Crippen LogP) is 5.43. The first-order valence-corrected chi connectivity index (χ1v) is 9.84. The highest BCUT2D eigenvalue weighted by Gasteiger charge is 2.08. The lowest BCUT2D eigenvalue weighted by Gasteiger charge is -2.05. The number of nitrogens with zero attached hydrogens (tertiary/aromatic N) is 1. The summed E-state index contributed by atoms with van der Waals surface area (Å²) in [5, 5.41) is 3.57. The second-order valence-electron chi connectivity index (χ2n) is 5.74. The second-order valence-corrected chi connectivity index (χ2v) is 7.16. The van der Waals surface area contributed by atoms with E-state index >= 15 is 0 Å². The molecule has 0 atom stereocenters. The molecule has 2 aromatic carbocycles. The first-order chi connectivity index (χ1) is 12.6. The fraction of sp³-hybridized carbons (Fsp3) is 0.200. The number of oxazole rings is 1. The number of amides is 1. The molecule has 134 valence electrons. The van der Waals surface area contributed by atoms with E-state index in [-0.39, 0.29) is 5.91 Å². The van der Waals surface area contributed by atoms with Gasteiger partial charge in [-0.3, -0.25) is 4.79 Å². The van der Waals surface area contributed by atoms with E-state index in [9.17, 15) is 4.79 Å². The topological polar surface area (TPSA) is 55.1 Å². The molecule has 0 aliphatic heterocycles. The van der Waals surface area contributed by atoms with Crippen LogP contribution in [0.25, 0.3) is 11.5 Å². The number of carbonyl (C=O) groups is 1. The van der Waals surface area contributed by atoms with Crippen molar-refractivity contribution in [2.45, 2.75) is 19.1 Å². The highest BCUT2D eigenvalue weighted by atomic mass is 35.5. The van der Waals surface area contributed by atoms with Crippen molar-refractivity contribution in [1.29, 1.82) is 0 Å². The van der Waals surface area contributed by atoms with E-state index in [1.54, 1.807) is 18.4 Å². The van der Waals surface area contributed by atoms with E-state index in [1.807, 2.05) is 36.4 Å². The molecule has 0 radical (unpaired) electrons. The number of anilines is 1. The Morgan fingerprint density at radius 2 is 1.88 bits per heavy atom. The van der Waals surface area contributed by atoms with Crippen molar-refractivity contribution in [2.24, 2.45) is 0 Å². The molecule has 0 spiro atoms. The van der Waals surface area contributed by atoms with Gasteiger partial charge in [-0.15, -0.1) is 11.8 Å². The first-order valence-electron chi connectivity index (χ1n) is 8.31. The summed E-state index contributed by atoms with van der Waals surface area (Å²) < 4.78 is 5.50. The van der Waals surface area contributed by atoms with Crippen molar-refractivity contribution in [3.63, 3.8) is 0 Å². The Hall–Kier alpha value is -2.24. The Labute approximate surface area is 162 Å². The van der Waals surface area contributed by atoms with Crippen molar-refractivity contribution in [3.8, 4) is 11.5 Å². The number of nitrogens with one attached hydrogen (secondary N) is 1. The van der Waals surface area contributed by atoms with E-state index < -0.39 is 0 Å². The molecule has 0 aliphatic rings. The maximum Gasteiger partial charge on any atom is 0.234 e. The van der Waals surface area contributed by atoms with Crippen LogP contribution >= 0.6 is 23.4 Å². The summed E-state index contributed by atoms with van der Waals surface area (Å²) in [6.45, 7) is 2.10. The first kappa shape index (κ1) is 18.5. The van der Waals surface area contributed by atoms with Crippen molar-refractivity contribution in [1.82, 2.24) is 4.98 Å². The van der Waals surface area contributed by atoms with Gasteiger partial charge in [0.25, 0.3) is 0 Å². The van der Waals surface area contributed by atoms with E-state index in [0.29, 0.717) is 22.4 Å². The zero-order chi connectivity index (χ0) is 18.4. The number of aromatic nitrogens is 1. The fourth-order valence-electron chi connectivity index (χ4n) is 2.37. The molecule has 1 aromatic heterocycles. The summed E-state index contributed by atoms with van der Waals surface area (Å²) >= 11 is 7.38. The Balaban J connectivity index is 1.47. The number of thioether (sulfide) groups is 1. The highest BCUT2D eigenvalue weighted by molar-refractivity contribution is 7.99. The van der Waals surface area contributed by atoms with Gasteiger partial charge < -0.3 is 9.73 Å². The molecule has 0 unspecified atom stereocenters. The van der Waals surface area contributed by atoms with E-state index in [1.165, 1.54) is 17.3 Å². The van der Waals surface area contributed by atoms with Crippen LogP contribution in [0.1, 0.15) is 18.2 Å². The van der Waals surface area contributed by atoms with Gasteiger partial charge in [-0.05, 0) is 48.4 Å². The van der Waals surface area contributed by atoms with Crippen LogP contribution in [0.3, 0.4) is 0 Å². The third-order valence-corrected chi connectivity index (χ3v) is 4.99. The smallest absolute Gasteiger partial charge is 0.234 e. The van der Waals surface area contributed by atoms with Gasteiger partial charge in [0, 0.05) is 22.0 Å². The van der Waals surface area contributed by atoms with Crippen LogP contribution in [-0.2, 0) is 17.0 Å². The minimum absolute atomic E-state index is 0.0272. The monoisotopic (exact) mass is 386 g/mol. The maximum atomic E-state index is 12.0. The summed E-state index contributed by atoms with van der Waals surface area (Å²) in [5.41, 5.74) is 3.75. The molecule has 0 saturated carbocycles. The van der Waals surface area contributed by atoms with E-state index in [2.05, 4.69) is 17.2 Å². The second kappa shape index (κ2) is 8.92. The number of carbonyl (C=O) groups excluding carboxylic acids is 1. The molecule has 0 fully saturated rings. The van der Waals surface area contributed by atoms with Gasteiger partial charge in [0.05, 0.1) is 11.4 Å². The molecular weight excluding hydrogens is 368 g/mol. The van der Waals surface area contributed by atoms with Gasteiger partial charge in [-0.2, -0.15) is 0 Å². The van der Waals surface area contributed by atoms with Crippen LogP contribution in [0.2, 0.25) is 5.02 Å². The Bertz CT molecular complexity index is 860. The van der Waals surface area contributed by atoms with Crippen LogP contribution in [-0.4, -0.2) is 16.6 Å². The van der Waals surface area contributed by atoms with Gasteiger partial charge in [-0.25, -0.2) is 4.98 Å². The zero-order valence-electron chi connectivity index (χ0n) is 14.4. The highest BCUT2D eigenvalue weighted by Crippen LogP contribution is 2.22. The summed E-state index contributed by atoms with van der Waals surface area (Å²) in [7, 11) is 0. The number of halogens is 1. The molecule has 26 heavy (non-hydrogen) atoms. The standard InChI is InChI=1S/C20H19ClN2O2S/c1-2-14-3-9-17(10-4-14)22-19(24)13-26-12-18-11-25-20(23-18)15-5-7-16(21)8-6-15/h3-11H,2,12-13H2,1H3,(H,22,24). The predicted molar refractivity (Wildman–Crippen MR) is 108 cm³/mol. The van der Waals surface area contributed by atoms with Crippen LogP contribution in [0, 0.1) is 0 Å². The molecule has 3 aromatic rings. The molecule has 4 nitrogen and oxygen atoms in total. The van der Waals surface area contributed by atoms with Gasteiger partial charge in [0.1, 0.15) is 6.26 Å². The van der Waals surface area contributed by atoms with Crippen molar-refractivity contribution in [2.75, 3.05) is 11.1 Å². The number of hydrogen-bond acceptors (Lipinski definition) is 4. The normalized spacial score (nSPS) is 10.7. The fourth-order valence-corrected chi connectivity index (χ4v) is 3.19. The minimum Gasteiger partial charge on any atom is -0.444 e. The van der Waals surface area contributed by atoms with Gasteiger partial charge >= 0.3 is 0 Å². The van der Waals surface area contributed by atoms with Crippen LogP contribution < -0.4 is 5.32 Å². The summed E-state index contributed by atoms with van der Waals surface area (Å²) in [6, 6.07) is 15.2. The molecular formula is C20H19ClN2O2S. The van der Waals surface area contributed by atoms with Crippen LogP contribution in [0.15, 0.2) is 59.2 Å². The zero-order valence-corrected chi connectivity index (χ0v) is 15.9. The van der Waals surface area contributed by atoms with Gasteiger partial charge in [-0.1, -0.05) is 30.7 Å². The number of hydrogen-bond donors (Lipinski definition) is 1. The molecule has 1 heterocycles. The van der Waals surface area contributed by atoms with Crippen molar-refractivity contribution < 1.29 is 9.21 Å².